The lowest BCUT2D eigenvalue weighted by molar-refractivity contribution is -0.187. The topological polar surface area (TPSA) is 47.8 Å². The van der Waals surface area contributed by atoms with Crippen molar-refractivity contribution in [3.05, 3.63) is 71.8 Å². The first-order chi connectivity index (χ1) is 12.9. The zero-order chi connectivity index (χ0) is 19.2. The van der Waals surface area contributed by atoms with Gasteiger partial charge in [-0.15, -0.1) is 0 Å². The number of epoxide rings is 1. The van der Waals surface area contributed by atoms with E-state index in [1.165, 1.54) is 7.11 Å². The van der Waals surface area contributed by atoms with Crippen LogP contribution < -0.4 is 10.5 Å². The van der Waals surface area contributed by atoms with E-state index in [2.05, 4.69) is 0 Å². The molecule has 1 heterocycles. The molecular formula is C21H18F3NO2. The van der Waals surface area contributed by atoms with E-state index in [0.717, 1.165) is 10.8 Å². The summed E-state index contributed by atoms with van der Waals surface area (Å²) in [5, 5.41) is 1.60. The van der Waals surface area contributed by atoms with E-state index >= 15 is 0 Å². The van der Waals surface area contributed by atoms with Crippen LogP contribution in [0.1, 0.15) is 17.0 Å². The maximum Gasteiger partial charge on any atom is 0.420 e. The normalized spacial score (nSPS) is 20.4. The molecule has 0 radical (unpaired) electrons. The predicted molar refractivity (Wildman–Crippen MR) is 97.9 cm³/mol. The second-order valence-corrected chi connectivity index (χ2v) is 6.68. The molecule has 2 unspecified atom stereocenters. The van der Waals surface area contributed by atoms with Crippen LogP contribution in [0.2, 0.25) is 0 Å². The summed E-state index contributed by atoms with van der Waals surface area (Å²) in [7, 11) is 1.48. The summed E-state index contributed by atoms with van der Waals surface area (Å²) in [6.45, 7) is -0.398. The highest BCUT2D eigenvalue weighted by Crippen LogP contribution is 2.56. The van der Waals surface area contributed by atoms with E-state index in [4.69, 9.17) is 15.2 Å². The molecule has 4 rings (SSSR count). The minimum atomic E-state index is -4.53. The van der Waals surface area contributed by atoms with Crippen molar-refractivity contribution in [2.45, 2.75) is 17.7 Å². The molecule has 1 saturated heterocycles. The van der Waals surface area contributed by atoms with Gasteiger partial charge in [-0.05, 0) is 28.6 Å². The molecule has 3 aromatic rings. The van der Waals surface area contributed by atoms with Gasteiger partial charge in [0.15, 0.2) is 5.60 Å². The van der Waals surface area contributed by atoms with Crippen LogP contribution in [-0.4, -0.2) is 25.5 Å². The minimum absolute atomic E-state index is 0.333. The molecule has 27 heavy (non-hydrogen) atoms. The van der Waals surface area contributed by atoms with Crippen molar-refractivity contribution in [3.63, 3.8) is 0 Å². The third-order valence-corrected chi connectivity index (χ3v) is 5.14. The lowest BCUT2D eigenvalue weighted by Gasteiger charge is -2.28. The zero-order valence-corrected chi connectivity index (χ0v) is 14.6. The summed E-state index contributed by atoms with van der Waals surface area (Å²) in [4.78, 5) is 0. The number of methoxy groups -OCH3 is 1. The third-order valence-electron chi connectivity index (χ3n) is 5.14. The summed E-state index contributed by atoms with van der Waals surface area (Å²) in [6.07, 6.45) is -4.53. The van der Waals surface area contributed by atoms with Gasteiger partial charge in [0.25, 0.3) is 0 Å². The molecule has 0 saturated carbocycles. The number of benzene rings is 3. The minimum Gasteiger partial charge on any atom is -0.497 e. The summed E-state index contributed by atoms with van der Waals surface area (Å²) in [5.74, 6) is -0.605. The van der Waals surface area contributed by atoms with Crippen molar-refractivity contribution in [1.82, 2.24) is 0 Å². The van der Waals surface area contributed by atoms with Crippen LogP contribution in [0, 0.1) is 0 Å². The molecule has 0 aromatic heterocycles. The second kappa shape index (κ2) is 6.16. The van der Waals surface area contributed by atoms with Crippen LogP contribution in [-0.2, 0) is 4.74 Å². The van der Waals surface area contributed by atoms with Crippen LogP contribution >= 0.6 is 0 Å². The monoisotopic (exact) mass is 373 g/mol. The highest BCUT2D eigenvalue weighted by Gasteiger charge is 2.70. The van der Waals surface area contributed by atoms with Crippen molar-refractivity contribution < 1.29 is 22.6 Å². The second-order valence-electron chi connectivity index (χ2n) is 6.68. The van der Waals surface area contributed by atoms with Gasteiger partial charge in [0.2, 0.25) is 0 Å². The Hall–Kier alpha value is -2.73. The molecule has 0 aliphatic carbocycles. The number of hydrogen-bond donors (Lipinski definition) is 1. The van der Waals surface area contributed by atoms with Gasteiger partial charge in [0.05, 0.1) is 19.6 Å². The van der Waals surface area contributed by atoms with E-state index < -0.39 is 24.3 Å². The summed E-state index contributed by atoms with van der Waals surface area (Å²) in [5.41, 5.74) is 5.24. The number of fused-ring (bicyclic) bond motifs is 1. The highest BCUT2D eigenvalue weighted by molar-refractivity contribution is 5.95. The Balaban J connectivity index is 1.95. The van der Waals surface area contributed by atoms with Gasteiger partial charge in [0, 0.05) is 11.1 Å². The van der Waals surface area contributed by atoms with Gasteiger partial charge in [-0.1, -0.05) is 48.5 Å². The molecule has 1 aliphatic heterocycles. The smallest absolute Gasteiger partial charge is 0.420 e. The van der Waals surface area contributed by atoms with Crippen molar-refractivity contribution in [1.29, 1.82) is 0 Å². The fourth-order valence-electron chi connectivity index (χ4n) is 3.66. The van der Waals surface area contributed by atoms with E-state index in [1.54, 1.807) is 36.4 Å². The van der Waals surface area contributed by atoms with Crippen LogP contribution in [0.25, 0.3) is 10.8 Å². The lowest BCUT2D eigenvalue weighted by atomic mass is 9.78. The van der Waals surface area contributed by atoms with Gasteiger partial charge in [-0.2, -0.15) is 13.2 Å². The molecule has 0 amide bonds. The average molecular weight is 373 g/mol. The average Bonchev–Trinajstić information content (AvgIpc) is 3.46. The molecule has 0 bridgehead atoms. The molecule has 3 nitrogen and oxygen atoms in total. The number of halogens is 3. The Morgan fingerprint density at radius 2 is 1.81 bits per heavy atom. The van der Waals surface area contributed by atoms with Crippen molar-refractivity contribution in [2.75, 3.05) is 19.5 Å². The van der Waals surface area contributed by atoms with E-state index in [0.29, 0.717) is 22.6 Å². The Morgan fingerprint density at radius 3 is 2.48 bits per heavy atom. The molecule has 140 valence electrons. The number of hydrogen-bond acceptors (Lipinski definition) is 3. The molecule has 3 aromatic carbocycles. The molecule has 0 spiro atoms. The van der Waals surface area contributed by atoms with Gasteiger partial charge in [-0.3, -0.25) is 0 Å². The SMILES string of the molecule is COc1cccc(C(c2ccc3ccccc3c2N)C2(C(F)(F)F)CO2)c1. The number of ether oxygens (including phenoxy) is 2. The maximum atomic E-state index is 13.9. The maximum absolute atomic E-state index is 13.9. The molecule has 2 atom stereocenters. The Kier molecular flexibility index (Phi) is 4.03. The fourth-order valence-corrected chi connectivity index (χ4v) is 3.66. The number of rotatable bonds is 4. The fraction of sp³-hybridized carbons (Fsp3) is 0.238. The van der Waals surface area contributed by atoms with E-state index in [-0.39, 0.29) is 0 Å². The van der Waals surface area contributed by atoms with Crippen molar-refractivity contribution in [2.24, 2.45) is 0 Å². The molecule has 1 aliphatic rings. The Morgan fingerprint density at radius 1 is 1.07 bits per heavy atom. The first-order valence-electron chi connectivity index (χ1n) is 8.49. The molecule has 2 N–H and O–H groups in total. The summed E-state index contributed by atoms with van der Waals surface area (Å²) >= 11 is 0. The zero-order valence-electron chi connectivity index (χ0n) is 14.6. The number of nitrogen functional groups attached to an aromatic ring is 1. The van der Waals surface area contributed by atoms with Crippen LogP contribution in [0.15, 0.2) is 60.7 Å². The van der Waals surface area contributed by atoms with Gasteiger partial charge in [-0.25, -0.2) is 0 Å². The van der Waals surface area contributed by atoms with Crippen LogP contribution in [0.5, 0.6) is 5.75 Å². The first-order valence-corrected chi connectivity index (χ1v) is 8.49. The first kappa shape index (κ1) is 17.7. The predicted octanol–water partition coefficient (Wildman–Crippen LogP) is 4.89. The van der Waals surface area contributed by atoms with E-state index in [9.17, 15) is 13.2 Å². The quantitative estimate of drug-likeness (QED) is 0.523. The van der Waals surface area contributed by atoms with Crippen LogP contribution in [0.4, 0.5) is 18.9 Å². The van der Waals surface area contributed by atoms with Crippen molar-refractivity contribution in [3.8, 4) is 5.75 Å². The van der Waals surface area contributed by atoms with Crippen LogP contribution in [0.3, 0.4) is 0 Å². The molecule has 1 fully saturated rings. The Labute approximate surface area is 154 Å². The number of nitrogens with two attached hydrogens (primary N) is 1. The highest BCUT2D eigenvalue weighted by atomic mass is 19.4. The molecular weight excluding hydrogens is 355 g/mol. The van der Waals surface area contributed by atoms with Gasteiger partial charge < -0.3 is 15.2 Å². The van der Waals surface area contributed by atoms with E-state index in [1.807, 2.05) is 24.3 Å². The standard InChI is InChI=1S/C21H18F3NO2/c1-26-15-7-4-6-14(11-15)18(20(12-27-20)21(22,23)24)17-10-9-13-5-2-3-8-16(13)19(17)25/h2-11,18H,12,25H2,1H3. The number of anilines is 1. The largest absolute Gasteiger partial charge is 0.497 e. The van der Waals surface area contributed by atoms with Crippen molar-refractivity contribution >= 4 is 16.5 Å². The summed E-state index contributed by atoms with van der Waals surface area (Å²) in [6, 6.07) is 17.4. The lowest BCUT2D eigenvalue weighted by Crippen LogP contribution is -2.39. The molecule has 6 heteroatoms. The van der Waals surface area contributed by atoms with Gasteiger partial charge in [0.1, 0.15) is 5.75 Å². The Bertz CT molecular complexity index is 996. The van der Waals surface area contributed by atoms with Gasteiger partial charge >= 0.3 is 6.18 Å². The summed E-state index contributed by atoms with van der Waals surface area (Å²) < 4.78 is 52.1. The number of alkyl halides is 3. The third kappa shape index (κ3) is 2.80.